The minimum atomic E-state index is 0.546. The summed E-state index contributed by atoms with van der Waals surface area (Å²) >= 11 is 7.74. The number of hydrogen-bond acceptors (Lipinski definition) is 3. The van der Waals surface area contributed by atoms with Crippen molar-refractivity contribution in [1.82, 2.24) is 4.90 Å². The Morgan fingerprint density at radius 1 is 1.40 bits per heavy atom. The molecule has 0 aromatic heterocycles. The molecule has 0 radical (unpaired) electrons. The summed E-state index contributed by atoms with van der Waals surface area (Å²) in [6.07, 6.45) is 0. The van der Waals surface area contributed by atoms with E-state index < -0.39 is 0 Å². The summed E-state index contributed by atoms with van der Waals surface area (Å²) in [5.74, 6) is 1.07. The van der Waals surface area contributed by atoms with E-state index in [0.29, 0.717) is 6.54 Å². The van der Waals surface area contributed by atoms with Gasteiger partial charge in [0.25, 0.3) is 0 Å². The molecule has 4 heteroatoms. The van der Waals surface area contributed by atoms with E-state index in [1.165, 1.54) is 4.90 Å². The Bertz CT molecular complexity index is 315. The molecule has 0 amide bonds. The minimum absolute atomic E-state index is 0.546. The summed E-state index contributed by atoms with van der Waals surface area (Å²) in [7, 11) is 4.15. The lowest BCUT2D eigenvalue weighted by Crippen LogP contribution is -2.14. The van der Waals surface area contributed by atoms with E-state index >= 15 is 0 Å². The van der Waals surface area contributed by atoms with Crippen molar-refractivity contribution in [3.63, 3.8) is 0 Å². The average Bonchev–Trinajstić information content (AvgIpc) is 2.19. The molecular formula is C11H17ClN2S. The average molecular weight is 245 g/mol. The van der Waals surface area contributed by atoms with Crippen LogP contribution in [0.2, 0.25) is 5.02 Å². The van der Waals surface area contributed by atoms with Gasteiger partial charge in [0.1, 0.15) is 0 Å². The van der Waals surface area contributed by atoms with Crippen molar-refractivity contribution in [1.29, 1.82) is 0 Å². The Morgan fingerprint density at radius 3 is 2.73 bits per heavy atom. The molecule has 84 valence electrons. The van der Waals surface area contributed by atoms with Gasteiger partial charge in [-0.2, -0.15) is 0 Å². The Labute approximate surface area is 101 Å². The Morgan fingerprint density at radius 2 is 2.13 bits per heavy atom. The van der Waals surface area contributed by atoms with Crippen molar-refractivity contribution in [3.8, 4) is 0 Å². The largest absolute Gasteiger partial charge is 0.326 e. The highest BCUT2D eigenvalue weighted by atomic mass is 35.5. The number of nitrogens with zero attached hydrogens (tertiary/aromatic N) is 1. The number of thioether (sulfide) groups is 1. The van der Waals surface area contributed by atoms with Gasteiger partial charge in [0.2, 0.25) is 0 Å². The van der Waals surface area contributed by atoms with Crippen molar-refractivity contribution in [2.24, 2.45) is 5.73 Å². The van der Waals surface area contributed by atoms with E-state index in [1.54, 1.807) is 0 Å². The van der Waals surface area contributed by atoms with E-state index in [0.717, 1.165) is 22.9 Å². The van der Waals surface area contributed by atoms with Crippen molar-refractivity contribution in [3.05, 3.63) is 28.8 Å². The van der Waals surface area contributed by atoms with Crippen LogP contribution in [-0.2, 0) is 6.54 Å². The summed E-state index contributed by atoms with van der Waals surface area (Å²) in [6.45, 7) is 1.61. The fraction of sp³-hybridized carbons (Fsp3) is 0.455. The molecule has 0 aliphatic rings. The lowest BCUT2D eigenvalue weighted by Gasteiger charge is -2.11. The predicted molar refractivity (Wildman–Crippen MR) is 68.6 cm³/mol. The molecule has 2 N–H and O–H groups in total. The smallest absolute Gasteiger partial charge is 0.0410 e. The quantitative estimate of drug-likeness (QED) is 0.807. The highest BCUT2D eigenvalue weighted by Gasteiger charge is 2.02. The Balaban J connectivity index is 2.60. The normalized spacial score (nSPS) is 11.0. The maximum absolute atomic E-state index is 5.91. The van der Waals surface area contributed by atoms with Gasteiger partial charge in [0.15, 0.2) is 0 Å². The first-order chi connectivity index (χ1) is 7.13. The van der Waals surface area contributed by atoms with Crippen molar-refractivity contribution in [2.45, 2.75) is 11.4 Å². The van der Waals surface area contributed by atoms with Crippen LogP contribution in [0.15, 0.2) is 23.1 Å². The third-order valence-electron chi connectivity index (χ3n) is 2.04. The number of rotatable bonds is 5. The molecule has 0 aliphatic heterocycles. The highest BCUT2D eigenvalue weighted by Crippen LogP contribution is 2.25. The van der Waals surface area contributed by atoms with Gasteiger partial charge in [0, 0.05) is 28.8 Å². The number of nitrogens with two attached hydrogens (primary N) is 1. The second-order valence-corrected chi connectivity index (χ2v) is 5.18. The summed E-state index contributed by atoms with van der Waals surface area (Å²) in [4.78, 5) is 3.41. The lowest BCUT2D eigenvalue weighted by molar-refractivity contribution is 0.437. The van der Waals surface area contributed by atoms with E-state index in [1.807, 2.05) is 30.0 Å². The molecule has 1 rings (SSSR count). The molecule has 0 heterocycles. The molecular weight excluding hydrogens is 228 g/mol. The Kier molecular flexibility index (Phi) is 5.47. The van der Waals surface area contributed by atoms with Gasteiger partial charge in [-0.15, -0.1) is 11.8 Å². The first-order valence-electron chi connectivity index (χ1n) is 4.89. The molecule has 15 heavy (non-hydrogen) atoms. The van der Waals surface area contributed by atoms with Gasteiger partial charge in [-0.25, -0.2) is 0 Å². The van der Waals surface area contributed by atoms with Crippen LogP contribution in [0.25, 0.3) is 0 Å². The third kappa shape index (κ3) is 4.43. The zero-order valence-electron chi connectivity index (χ0n) is 9.16. The molecule has 0 aliphatic carbocycles. The van der Waals surface area contributed by atoms with Gasteiger partial charge in [-0.3, -0.25) is 0 Å². The SMILES string of the molecule is CN(C)CCSc1ccc(Cl)cc1CN. The van der Waals surface area contributed by atoms with Gasteiger partial charge < -0.3 is 10.6 Å². The van der Waals surface area contributed by atoms with Crippen molar-refractivity contribution < 1.29 is 0 Å². The number of benzene rings is 1. The zero-order chi connectivity index (χ0) is 11.3. The van der Waals surface area contributed by atoms with Crippen molar-refractivity contribution in [2.75, 3.05) is 26.4 Å². The van der Waals surface area contributed by atoms with E-state index in [4.69, 9.17) is 17.3 Å². The third-order valence-corrected chi connectivity index (χ3v) is 3.37. The molecule has 0 atom stereocenters. The first-order valence-corrected chi connectivity index (χ1v) is 6.26. The Hall–Kier alpha value is -0.220. The molecule has 0 unspecified atom stereocenters. The predicted octanol–water partition coefficient (Wildman–Crippen LogP) is 2.45. The molecule has 0 saturated heterocycles. The second kappa shape index (κ2) is 6.38. The van der Waals surface area contributed by atoms with Crippen LogP contribution in [-0.4, -0.2) is 31.3 Å². The molecule has 0 spiro atoms. The monoisotopic (exact) mass is 244 g/mol. The first kappa shape index (κ1) is 12.8. The van der Waals surface area contributed by atoms with Crippen LogP contribution < -0.4 is 5.73 Å². The minimum Gasteiger partial charge on any atom is -0.326 e. The highest BCUT2D eigenvalue weighted by molar-refractivity contribution is 7.99. The van der Waals surface area contributed by atoms with Gasteiger partial charge in [-0.05, 0) is 37.9 Å². The standard InChI is InChI=1S/C11H17ClN2S/c1-14(2)5-6-15-11-4-3-10(12)7-9(11)8-13/h3-4,7H,5-6,8,13H2,1-2H3. The van der Waals surface area contributed by atoms with Gasteiger partial charge >= 0.3 is 0 Å². The fourth-order valence-corrected chi connectivity index (χ4v) is 2.55. The van der Waals surface area contributed by atoms with Crippen LogP contribution in [0, 0.1) is 0 Å². The number of hydrogen-bond donors (Lipinski definition) is 1. The van der Waals surface area contributed by atoms with Gasteiger partial charge in [-0.1, -0.05) is 11.6 Å². The van der Waals surface area contributed by atoms with Gasteiger partial charge in [0.05, 0.1) is 0 Å². The molecule has 0 bridgehead atoms. The van der Waals surface area contributed by atoms with E-state index in [9.17, 15) is 0 Å². The van der Waals surface area contributed by atoms with Crippen LogP contribution in [0.1, 0.15) is 5.56 Å². The molecule has 1 aromatic rings. The van der Waals surface area contributed by atoms with E-state index in [-0.39, 0.29) is 0 Å². The molecule has 2 nitrogen and oxygen atoms in total. The summed E-state index contributed by atoms with van der Waals surface area (Å²) in [5, 5.41) is 0.757. The second-order valence-electron chi connectivity index (χ2n) is 3.61. The van der Waals surface area contributed by atoms with Crippen LogP contribution in [0.3, 0.4) is 0 Å². The summed E-state index contributed by atoms with van der Waals surface area (Å²) in [5.41, 5.74) is 6.80. The maximum Gasteiger partial charge on any atom is 0.0410 e. The fourth-order valence-electron chi connectivity index (χ4n) is 1.19. The zero-order valence-corrected chi connectivity index (χ0v) is 10.7. The maximum atomic E-state index is 5.91. The molecule has 1 aromatic carbocycles. The van der Waals surface area contributed by atoms with Crippen LogP contribution >= 0.6 is 23.4 Å². The van der Waals surface area contributed by atoms with Crippen LogP contribution in [0.4, 0.5) is 0 Å². The van der Waals surface area contributed by atoms with Crippen LogP contribution in [0.5, 0.6) is 0 Å². The topological polar surface area (TPSA) is 29.3 Å². The van der Waals surface area contributed by atoms with E-state index in [2.05, 4.69) is 19.0 Å². The number of halogens is 1. The molecule has 0 fully saturated rings. The summed E-state index contributed by atoms with van der Waals surface area (Å²) in [6, 6.07) is 5.91. The molecule has 0 saturated carbocycles. The van der Waals surface area contributed by atoms with Crippen molar-refractivity contribution >= 4 is 23.4 Å². The summed E-state index contributed by atoms with van der Waals surface area (Å²) < 4.78 is 0. The lowest BCUT2D eigenvalue weighted by atomic mass is 10.2.